The number of hydrogen-bond donors (Lipinski definition) is 1. The second-order valence-corrected chi connectivity index (χ2v) is 5.84. The van der Waals surface area contributed by atoms with Gasteiger partial charge in [-0.2, -0.15) is 8.78 Å². The lowest BCUT2D eigenvalue weighted by atomic mass is 9.98. The quantitative estimate of drug-likeness (QED) is 0.905. The highest BCUT2D eigenvalue weighted by atomic mass is 19.3. The van der Waals surface area contributed by atoms with E-state index in [9.17, 15) is 13.6 Å². The van der Waals surface area contributed by atoms with Crippen LogP contribution >= 0.6 is 0 Å². The molecule has 1 saturated heterocycles. The van der Waals surface area contributed by atoms with Crippen molar-refractivity contribution < 1.29 is 18.3 Å². The lowest BCUT2D eigenvalue weighted by Crippen LogP contribution is -2.37. The zero-order valence-corrected chi connectivity index (χ0v) is 13.0. The van der Waals surface area contributed by atoms with Crippen molar-refractivity contribution in [3.05, 3.63) is 30.2 Å². The van der Waals surface area contributed by atoms with Crippen LogP contribution in [0.5, 0.6) is 0 Å². The van der Waals surface area contributed by atoms with Gasteiger partial charge in [-0.05, 0) is 25.0 Å². The number of nitrogens with two attached hydrogens (primary N) is 1. The minimum absolute atomic E-state index is 0.0160. The summed E-state index contributed by atoms with van der Waals surface area (Å²) in [4.78, 5) is 22.0. The largest absolute Gasteiger partial charge is 0.368 e. The highest BCUT2D eigenvalue weighted by Gasteiger charge is 2.23. The summed E-state index contributed by atoms with van der Waals surface area (Å²) in [6.07, 6.45) is 5.04. The van der Waals surface area contributed by atoms with Gasteiger partial charge in [0.25, 0.3) is 5.91 Å². The van der Waals surface area contributed by atoms with Gasteiger partial charge in [-0.15, -0.1) is 0 Å². The standard InChI is InChI=1S/C16H18F2N4O2/c17-16(18)24-9-10-2-1-5-22(8-10)13-7-20-6-11-3-4-12(15(19)23)21-14(11)13/h3-4,6-7,10,16H,1-2,5,8-9H2,(H2,19,23). The monoisotopic (exact) mass is 336 g/mol. The number of piperidine rings is 1. The van der Waals surface area contributed by atoms with Gasteiger partial charge in [-0.1, -0.05) is 0 Å². The fraction of sp³-hybridized carbons (Fsp3) is 0.438. The number of halogens is 2. The summed E-state index contributed by atoms with van der Waals surface area (Å²) in [5.41, 5.74) is 6.90. The first-order chi connectivity index (χ1) is 11.5. The van der Waals surface area contributed by atoms with Gasteiger partial charge < -0.3 is 15.4 Å². The number of carbonyl (C=O) groups is 1. The van der Waals surface area contributed by atoms with Crippen LogP contribution in [0.4, 0.5) is 14.5 Å². The number of alkyl halides is 2. The summed E-state index contributed by atoms with van der Waals surface area (Å²) in [6.45, 7) is -1.38. The molecule has 128 valence electrons. The molecular formula is C16H18F2N4O2. The van der Waals surface area contributed by atoms with Gasteiger partial charge in [0, 0.05) is 30.6 Å². The van der Waals surface area contributed by atoms with Crippen LogP contribution in [0.3, 0.4) is 0 Å². The predicted molar refractivity (Wildman–Crippen MR) is 84.9 cm³/mol. The van der Waals surface area contributed by atoms with Gasteiger partial charge in [0.2, 0.25) is 0 Å². The molecule has 0 saturated carbocycles. The van der Waals surface area contributed by atoms with Crippen molar-refractivity contribution in [2.75, 3.05) is 24.6 Å². The molecule has 24 heavy (non-hydrogen) atoms. The zero-order valence-electron chi connectivity index (χ0n) is 13.0. The van der Waals surface area contributed by atoms with E-state index in [0.717, 1.165) is 30.5 Å². The fourth-order valence-electron chi connectivity index (χ4n) is 3.03. The molecule has 0 aromatic carbocycles. The first-order valence-corrected chi connectivity index (χ1v) is 7.74. The Labute approximate surface area is 137 Å². The highest BCUT2D eigenvalue weighted by molar-refractivity contribution is 5.96. The molecule has 1 aliphatic heterocycles. The maximum Gasteiger partial charge on any atom is 0.345 e. The predicted octanol–water partition coefficient (Wildman–Crippen LogP) is 2.18. The van der Waals surface area contributed by atoms with Gasteiger partial charge >= 0.3 is 6.61 Å². The molecule has 1 atom stereocenters. The maximum atomic E-state index is 12.2. The van der Waals surface area contributed by atoms with E-state index in [2.05, 4.69) is 19.6 Å². The minimum atomic E-state index is -2.75. The molecule has 6 nitrogen and oxygen atoms in total. The van der Waals surface area contributed by atoms with Crippen molar-refractivity contribution in [3.63, 3.8) is 0 Å². The van der Waals surface area contributed by atoms with Crippen molar-refractivity contribution in [1.82, 2.24) is 9.97 Å². The van der Waals surface area contributed by atoms with Crippen LogP contribution in [-0.2, 0) is 4.74 Å². The summed E-state index contributed by atoms with van der Waals surface area (Å²) < 4.78 is 28.9. The third-order valence-corrected chi connectivity index (χ3v) is 4.15. The number of fused-ring (bicyclic) bond motifs is 1. The minimum Gasteiger partial charge on any atom is -0.368 e. The Morgan fingerprint density at radius 3 is 3.00 bits per heavy atom. The van der Waals surface area contributed by atoms with E-state index in [1.54, 1.807) is 24.5 Å². The van der Waals surface area contributed by atoms with Crippen LogP contribution < -0.4 is 10.6 Å². The van der Waals surface area contributed by atoms with E-state index >= 15 is 0 Å². The van der Waals surface area contributed by atoms with Gasteiger partial charge in [0.1, 0.15) is 5.69 Å². The van der Waals surface area contributed by atoms with Crippen molar-refractivity contribution in [1.29, 1.82) is 0 Å². The third kappa shape index (κ3) is 3.59. The van der Waals surface area contributed by atoms with Gasteiger partial charge in [-0.25, -0.2) is 4.98 Å². The number of anilines is 1. The molecule has 0 aliphatic carbocycles. The molecule has 0 bridgehead atoms. The van der Waals surface area contributed by atoms with Crippen molar-refractivity contribution >= 4 is 22.5 Å². The molecule has 3 heterocycles. The third-order valence-electron chi connectivity index (χ3n) is 4.15. The number of hydrogen-bond acceptors (Lipinski definition) is 5. The summed E-state index contributed by atoms with van der Waals surface area (Å²) >= 11 is 0. The number of nitrogens with zero attached hydrogens (tertiary/aromatic N) is 3. The Morgan fingerprint density at radius 2 is 2.25 bits per heavy atom. The van der Waals surface area contributed by atoms with E-state index in [1.807, 2.05) is 0 Å². The second kappa shape index (κ2) is 7.04. The van der Waals surface area contributed by atoms with Crippen LogP contribution in [0.2, 0.25) is 0 Å². The lowest BCUT2D eigenvalue weighted by molar-refractivity contribution is -0.138. The van der Waals surface area contributed by atoms with E-state index in [-0.39, 0.29) is 18.2 Å². The van der Waals surface area contributed by atoms with E-state index in [0.29, 0.717) is 12.1 Å². The Kier molecular flexibility index (Phi) is 4.84. The molecule has 8 heteroatoms. The Hall–Kier alpha value is -2.35. The molecule has 1 amide bonds. The van der Waals surface area contributed by atoms with E-state index in [1.165, 1.54) is 0 Å². The van der Waals surface area contributed by atoms with Gasteiger partial charge in [0.15, 0.2) is 0 Å². The van der Waals surface area contributed by atoms with Crippen LogP contribution in [0.1, 0.15) is 23.3 Å². The molecule has 3 rings (SSSR count). The number of aromatic nitrogens is 2. The zero-order chi connectivity index (χ0) is 17.1. The Morgan fingerprint density at radius 1 is 1.42 bits per heavy atom. The number of rotatable bonds is 5. The number of carbonyl (C=O) groups excluding carboxylic acids is 1. The highest BCUT2D eigenvalue weighted by Crippen LogP contribution is 2.28. The molecule has 1 aliphatic rings. The van der Waals surface area contributed by atoms with E-state index < -0.39 is 12.5 Å². The maximum absolute atomic E-state index is 12.2. The number of ether oxygens (including phenoxy) is 1. The summed E-state index contributed by atoms with van der Waals surface area (Å²) in [6, 6.07) is 3.31. The van der Waals surface area contributed by atoms with Crippen LogP contribution in [-0.4, -0.2) is 42.2 Å². The summed E-state index contributed by atoms with van der Waals surface area (Å²) in [5.74, 6) is -0.580. The van der Waals surface area contributed by atoms with Crippen molar-refractivity contribution in [2.24, 2.45) is 11.7 Å². The molecule has 1 unspecified atom stereocenters. The normalized spacial score (nSPS) is 18.3. The molecule has 1 fully saturated rings. The fourth-order valence-corrected chi connectivity index (χ4v) is 3.03. The smallest absolute Gasteiger partial charge is 0.345 e. The molecule has 0 spiro atoms. The first kappa shape index (κ1) is 16.5. The molecule has 2 aromatic heterocycles. The average Bonchev–Trinajstić information content (AvgIpc) is 2.59. The molecule has 0 radical (unpaired) electrons. The van der Waals surface area contributed by atoms with Crippen molar-refractivity contribution in [3.8, 4) is 0 Å². The van der Waals surface area contributed by atoms with Gasteiger partial charge in [-0.3, -0.25) is 9.78 Å². The summed E-state index contributed by atoms with van der Waals surface area (Å²) in [7, 11) is 0. The van der Waals surface area contributed by atoms with Crippen LogP contribution in [0.15, 0.2) is 24.5 Å². The number of pyridine rings is 2. The van der Waals surface area contributed by atoms with Crippen LogP contribution in [0, 0.1) is 5.92 Å². The topological polar surface area (TPSA) is 81.3 Å². The van der Waals surface area contributed by atoms with Crippen LogP contribution in [0.25, 0.3) is 10.9 Å². The Balaban J connectivity index is 1.87. The van der Waals surface area contributed by atoms with Crippen molar-refractivity contribution in [2.45, 2.75) is 19.5 Å². The van der Waals surface area contributed by atoms with Gasteiger partial charge in [0.05, 0.1) is 24.0 Å². The SMILES string of the molecule is NC(=O)c1ccc2cncc(N3CCCC(COC(F)F)C3)c2n1. The average molecular weight is 336 g/mol. The first-order valence-electron chi connectivity index (χ1n) is 7.74. The second-order valence-electron chi connectivity index (χ2n) is 5.84. The Bertz CT molecular complexity index is 741. The lowest BCUT2D eigenvalue weighted by Gasteiger charge is -2.34. The number of amides is 1. The summed E-state index contributed by atoms with van der Waals surface area (Å²) in [5, 5.41) is 0.795. The number of primary amides is 1. The van der Waals surface area contributed by atoms with E-state index in [4.69, 9.17) is 5.73 Å². The molecule has 2 N–H and O–H groups in total. The molecular weight excluding hydrogens is 318 g/mol. The molecule has 2 aromatic rings.